The normalized spacial score (nSPS) is 0. The molecule has 0 aliphatic rings. The van der Waals surface area contributed by atoms with E-state index in [1.165, 1.54) is 0 Å². The van der Waals surface area contributed by atoms with Crippen LogP contribution in [0.1, 0.15) is 0 Å². The summed E-state index contributed by atoms with van der Waals surface area (Å²) in [4.78, 5) is 0. The first-order valence-electron chi connectivity index (χ1n) is 0. The van der Waals surface area contributed by atoms with Crippen molar-refractivity contribution in [3.63, 3.8) is 0 Å². The Hall–Kier alpha value is 3.21. The molecule has 0 unspecified atom stereocenters. The molecule has 4 heavy (non-hydrogen) atoms. The van der Waals surface area contributed by atoms with Crippen molar-refractivity contribution >= 4 is 96.7 Å². The van der Waals surface area contributed by atoms with Gasteiger partial charge in [0.05, 0.1) is 0 Å². The van der Waals surface area contributed by atoms with E-state index in [1.54, 1.807) is 0 Å². The van der Waals surface area contributed by atoms with Crippen LogP contribution in [0.5, 0.6) is 0 Å². The van der Waals surface area contributed by atoms with Gasteiger partial charge in [0.2, 0.25) is 0 Å². The van der Waals surface area contributed by atoms with Crippen LogP contribution in [0.25, 0.3) is 0 Å². The summed E-state index contributed by atoms with van der Waals surface area (Å²) in [6, 6.07) is 0. The molecule has 0 aliphatic heterocycles. The summed E-state index contributed by atoms with van der Waals surface area (Å²) < 4.78 is 0. The summed E-state index contributed by atoms with van der Waals surface area (Å²) in [5.41, 5.74) is 0. The molecule has 0 rings (SSSR count). The van der Waals surface area contributed by atoms with Gasteiger partial charge in [-0.05, 0) is 0 Å². The molecule has 0 aliphatic carbocycles. The third-order valence-corrected chi connectivity index (χ3v) is 0. The quantitative estimate of drug-likeness (QED) is 0.263. The third-order valence-electron chi connectivity index (χ3n) is 0. The Morgan fingerprint density at radius 1 is 1.00 bits per heavy atom. The number of hydrogen-bond donors (Lipinski definition) is 0. The SMILES string of the molecule is [AlH3].[BiH3].[InH2].[PbH]. The predicted octanol–water partition coefficient (Wildman–Crippen LogP) is -3.93. The van der Waals surface area contributed by atoms with Crippen LogP contribution < -0.4 is 0 Å². The van der Waals surface area contributed by atoms with Crippen LogP contribution in [-0.4, -0.2) is 96.7 Å². The maximum absolute atomic E-state index is 0. The van der Waals surface area contributed by atoms with Crippen molar-refractivity contribution in [3.8, 4) is 0 Å². The summed E-state index contributed by atoms with van der Waals surface area (Å²) in [6.45, 7) is 0. The summed E-state index contributed by atoms with van der Waals surface area (Å²) in [6.07, 6.45) is 0. The molecule has 0 heterocycles. The van der Waals surface area contributed by atoms with E-state index < -0.39 is 0 Å². The zero-order chi connectivity index (χ0) is 0. The van der Waals surface area contributed by atoms with Crippen LogP contribution in [0.2, 0.25) is 0 Å². The van der Waals surface area contributed by atoms with Crippen LogP contribution in [0.3, 0.4) is 0 Å². The fourth-order valence-corrected chi connectivity index (χ4v) is 0. The monoisotopic (exact) mass is 568 g/mol. The van der Waals surface area contributed by atoms with Crippen molar-refractivity contribution in [3.05, 3.63) is 0 Å². The third kappa shape index (κ3) is 8.96. The fraction of sp³-hybridized carbons (Fsp3) is 0. The van der Waals surface area contributed by atoms with Gasteiger partial charge < -0.3 is 0 Å². The van der Waals surface area contributed by atoms with Gasteiger partial charge >= 0.3 is 79.3 Å². The molecule has 0 aromatic rings. The van der Waals surface area contributed by atoms with Gasteiger partial charge in [-0.15, -0.1) is 0 Å². The Labute approximate surface area is 94.7 Å². The number of rotatable bonds is 0. The van der Waals surface area contributed by atoms with E-state index in [0.717, 1.165) is 0 Å². The molecule has 0 spiro atoms. The average molecular weight is 567 g/mol. The van der Waals surface area contributed by atoms with E-state index in [2.05, 4.69) is 0 Å². The summed E-state index contributed by atoms with van der Waals surface area (Å²) in [5.74, 6) is 0. The fourth-order valence-electron chi connectivity index (χ4n) is 0. The van der Waals surface area contributed by atoms with Gasteiger partial charge in [0, 0.05) is 0 Å². The second-order valence-corrected chi connectivity index (χ2v) is 0. The molecule has 0 N–H and O–H groups in total. The van der Waals surface area contributed by atoms with Gasteiger partial charge in [0.25, 0.3) is 0 Å². The number of hydrogen-bond acceptors (Lipinski definition) is 0. The molecule has 4 heteroatoms. The summed E-state index contributed by atoms with van der Waals surface area (Å²) in [7, 11) is 0. The van der Waals surface area contributed by atoms with Crippen LogP contribution in [-0.2, 0) is 0 Å². The first-order valence-corrected chi connectivity index (χ1v) is 0. The van der Waals surface area contributed by atoms with E-state index in [1.807, 2.05) is 0 Å². The molecular formula is H9AlBiInPb. The Kier molecular flexibility index (Phi) is 110. The zero-order valence-corrected chi connectivity index (χ0v) is 18.0. The molecular weight excluding hydrogens is 558 g/mol. The predicted molar refractivity (Wildman–Crippen MR) is 35.6 cm³/mol. The van der Waals surface area contributed by atoms with Gasteiger partial charge in [-0.2, -0.15) is 0 Å². The van der Waals surface area contributed by atoms with E-state index in [9.17, 15) is 0 Å². The standard InChI is InChI=1S/Al.Bi.In.Pb.9H. The van der Waals surface area contributed by atoms with Crippen molar-refractivity contribution in [2.75, 3.05) is 0 Å². The summed E-state index contributed by atoms with van der Waals surface area (Å²) in [5, 5.41) is 0. The van der Waals surface area contributed by atoms with Gasteiger partial charge in [-0.1, -0.05) is 0 Å². The molecule has 0 nitrogen and oxygen atoms in total. The van der Waals surface area contributed by atoms with Crippen LogP contribution in [0.15, 0.2) is 0 Å². The molecule has 0 fully saturated rings. The van der Waals surface area contributed by atoms with Crippen LogP contribution in [0, 0.1) is 0 Å². The molecule has 4 radical (unpaired) electrons. The molecule has 0 atom stereocenters. The molecule has 0 aromatic heterocycles. The Balaban J connectivity index is 0. The van der Waals surface area contributed by atoms with Crippen molar-refractivity contribution in [1.82, 2.24) is 0 Å². The Bertz CT molecular complexity index is 8.00. The van der Waals surface area contributed by atoms with Crippen molar-refractivity contribution in [1.29, 1.82) is 0 Å². The molecule has 0 saturated carbocycles. The van der Waals surface area contributed by atoms with Gasteiger partial charge in [-0.3, -0.25) is 0 Å². The van der Waals surface area contributed by atoms with Crippen molar-refractivity contribution < 1.29 is 0 Å². The van der Waals surface area contributed by atoms with Gasteiger partial charge in [0.1, 0.15) is 0 Å². The second-order valence-electron chi connectivity index (χ2n) is 0. The van der Waals surface area contributed by atoms with Crippen molar-refractivity contribution in [2.45, 2.75) is 0 Å². The Morgan fingerprint density at radius 2 is 1.00 bits per heavy atom. The van der Waals surface area contributed by atoms with Crippen molar-refractivity contribution in [2.24, 2.45) is 0 Å². The first-order chi connectivity index (χ1) is 0. The summed E-state index contributed by atoms with van der Waals surface area (Å²) >= 11 is 0. The van der Waals surface area contributed by atoms with Gasteiger partial charge in [0.15, 0.2) is 17.4 Å². The van der Waals surface area contributed by atoms with Gasteiger partial charge in [-0.25, -0.2) is 0 Å². The molecule has 24 valence electrons. The van der Waals surface area contributed by atoms with Crippen LogP contribution in [0.4, 0.5) is 0 Å². The molecule has 0 saturated heterocycles. The second kappa shape index (κ2) is 16.4. The minimum absolute atomic E-state index is 0. The topological polar surface area (TPSA) is 0 Å². The first kappa shape index (κ1) is 27.0. The average Bonchev–Trinajstić information content (AvgIpc) is 0. The molecule has 0 bridgehead atoms. The maximum atomic E-state index is 0. The van der Waals surface area contributed by atoms with E-state index in [4.69, 9.17) is 0 Å². The van der Waals surface area contributed by atoms with E-state index >= 15 is 0 Å². The van der Waals surface area contributed by atoms with Crippen LogP contribution >= 0.6 is 0 Å². The molecule has 0 amide bonds. The Morgan fingerprint density at radius 3 is 1.00 bits per heavy atom. The van der Waals surface area contributed by atoms with E-state index in [0.29, 0.717) is 0 Å². The molecule has 0 aromatic carbocycles. The van der Waals surface area contributed by atoms with E-state index in [-0.39, 0.29) is 96.7 Å². The zero-order valence-electron chi connectivity index (χ0n) is 2.28. The minimum atomic E-state index is 0.